The first-order chi connectivity index (χ1) is 9.56. The van der Waals surface area contributed by atoms with Crippen molar-refractivity contribution >= 4 is 12.1 Å². The van der Waals surface area contributed by atoms with Crippen LogP contribution in [-0.2, 0) is 16.1 Å². The van der Waals surface area contributed by atoms with Crippen LogP contribution in [0.5, 0.6) is 0 Å². The van der Waals surface area contributed by atoms with Crippen molar-refractivity contribution in [2.24, 2.45) is 0 Å². The third-order valence-corrected chi connectivity index (χ3v) is 3.08. The molecule has 20 heavy (non-hydrogen) atoms. The van der Waals surface area contributed by atoms with Gasteiger partial charge in [0, 0.05) is 7.05 Å². The van der Waals surface area contributed by atoms with Crippen molar-refractivity contribution < 1.29 is 19.4 Å². The number of hydrogen-bond acceptors (Lipinski definition) is 3. The molecular weight excluding hydrogens is 258 g/mol. The summed E-state index contributed by atoms with van der Waals surface area (Å²) in [6.45, 7) is 2.12. The Morgan fingerprint density at radius 1 is 1.30 bits per heavy atom. The summed E-state index contributed by atoms with van der Waals surface area (Å²) in [5.41, 5.74) is 0.870. The molecule has 0 saturated heterocycles. The molecule has 0 bridgehead atoms. The van der Waals surface area contributed by atoms with Gasteiger partial charge in [-0.15, -0.1) is 0 Å². The number of likely N-dealkylation sites (N-methyl/N-ethyl adjacent to an activating group) is 1. The molecule has 0 radical (unpaired) electrons. The standard InChI is InChI=1S/C15H21NO4/c1-3-4-10-13(14(17)18)16(2)15(19)20-11-12-8-6-5-7-9-12/h5-9,13H,3-4,10-11H2,1-2H3,(H,17,18)/t13-/m1/s1. The van der Waals surface area contributed by atoms with E-state index in [4.69, 9.17) is 9.84 Å². The van der Waals surface area contributed by atoms with Gasteiger partial charge in [0.15, 0.2) is 0 Å². The summed E-state index contributed by atoms with van der Waals surface area (Å²) in [5, 5.41) is 9.15. The molecule has 0 aliphatic carbocycles. The van der Waals surface area contributed by atoms with Crippen LogP contribution in [0.3, 0.4) is 0 Å². The van der Waals surface area contributed by atoms with E-state index >= 15 is 0 Å². The number of carboxylic acid groups (broad SMARTS) is 1. The van der Waals surface area contributed by atoms with Gasteiger partial charge in [0.25, 0.3) is 0 Å². The fourth-order valence-corrected chi connectivity index (χ4v) is 1.83. The zero-order valence-electron chi connectivity index (χ0n) is 11.9. The topological polar surface area (TPSA) is 66.8 Å². The second-order valence-electron chi connectivity index (χ2n) is 4.65. The lowest BCUT2D eigenvalue weighted by Gasteiger charge is -2.24. The molecule has 0 unspecified atom stereocenters. The molecule has 1 amide bonds. The molecule has 0 saturated carbocycles. The molecule has 0 spiro atoms. The minimum Gasteiger partial charge on any atom is -0.480 e. The monoisotopic (exact) mass is 279 g/mol. The fraction of sp³-hybridized carbons (Fsp3) is 0.467. The highest BCUT2D eigenvalue weighted by Crippen LogP contribution is 2.10. The molecule has 1 atom stereocenters. The first kappa shape index (κ1) is 16.0. The molecule has 0 aliphatic heterocycles. The third-order valence-electron chi connectivity index (χ3n) is 3.08. The summed E-state index contributed by atoms with van der Waals surface area (Å²) in [6, 6.07) is 8.45. The molecule has 5 heteroatoms. The van der Waals surface area contributed by atoms with E-state index in [1.54, 1.807) is 0 Å². The number of benzene rings is 1. The van der Waals surface area contributed by atoms with Crippen LogP contribution in [0.4, 0.5) is 4.79 Å². The van der Waals surface area contributed by atoms with Crippen molar-refractivity contribution in [2.75, 3.05) is 7.05 Å². The van der Waals surface area contributed by atoms with E-state index in [9.17, 15) is 9.59 Å². The highest BCUT2D eigenvalue weighted by atomic mass is 16.6. The Morgan fingerprint density at radius 3 is 2.50 bits per heavy atom. The number of unbranched alkanes of at least 4 members (excludes halogenated alkanes) is 1. The zero-order valence-corrected chi connectivity index (χ0v) is 11.9. The number of carbonyl (C=O) groups is 2. The second-order valence-corrected chi connectivity index (χ2v) is 4.65. The smallest absolute Gasteiger partial charge is 0.410 e. The molecular formula is C15H21NO4. The van der Waals surface area contributed by atoms with Crippen LogP contribution in [-0.4, -0.2) is 35.2 Å². The minimum atomic E-state index is -1.00. The number of amides is 1. The summed E-state index contributed by atoms with van der Waals surface area (Å²) < 4.78 is 5.12. The Labute approximate surface area is 119 Å². The van der Waals surface area contributed by atoms with Gasteiger partial charge in [-0.25, -0.2) is 9.59 Å². The predicted molar refractivity (Wildman–Crippen MR) is 75.3 cm³/mol. The van der Waals surface area contributed by atoms with Gasteiger partial charge in [0.1, 0.15) is 12.6 Å². The highest BCUT2D eigenvalue weighted by Gasteiger charge is 2.26. The number of aliphatic carboxylic acids is 1. The van der Waals surface area contributed by atoms with Crippen molar-refractivity contribution in [1.29, 1.82) is 0 Å². The number of nitrogens with zero attached hydrogens (tertiary/aromatic N) is 1. The van der Waals surface area contributed by atoms with Gasteiger partial charge in [-0.2, -0.15) is 0 Å². The summed E-state index contributed by atoms with van der Waals surface area (Å²) in [6.07, 6.45) is 1.46. The molecule has 110 valence electrons. The van der Waals surface area contributed by atoms with Crippen molar-refractivity contribution in [3.8, 4) is 0 Å². The van der Waals surface area contributed by atoms with Gasteiger partial charge < -0.3 is 9.84 Å². The van der Waals surface area contributed by atoms with E-state index in [0.717, 1.165) is 23.3 Å². The van der Waals surface area contributed by atoms with Crippen LogP contribution in [0.25, 0.3) is 0 Å². The quantitative estimate of drug-likeness (QED) is 0.833. The fourth-order valence-electron chi connectivity index (χ4n) is 1.83. The Hall–Kier alpha value is -2.04. The second kappa shape index (κ2) is 8.19. The van der Waals surface area contributed by atoms with Crippen LogP contribution in [0, 0.1) is 0 Å². The van der Waals surface area contributed by atoms with Gasteiger partial charge in [0.05, 0.1) is 0 Å². The number of hydrogen-bond donors (Lipinski definition) is 1. The van der Waals surface area contributed by atoms with E-state index in [1.807, 2.05) is 37.3 Å². The number of ether oxygens (including phenoxy) is 1. The van der Waals surface area contributed by atoms with E-state index < -0.39 is 18.1 Å². The Morgan fingerprint density at radius 2 is 1.95 bits per heavy atom. The van der Waals surface area contributed by atoms with Gasteiger partial charge in [0.2, 0.25) is 0 Å². The molecule has 0 aliphatic rings. The van der Waals surface area contributed by atoms with Gasteiger partial charge in [-0.3, -0.25) is 4.90 Å². The summed E-state index contributed by atoms with van der Waals surface area (Å²) in [5.74, 6) is -1.00. The SMILES string of the molecule is CCCC[C@H](C(=O)O)N(C)C(=O)OCc1ccccc1. The van der Waals surface area contributed by atoms with Crippen LogP contribution in [0.2, 0.25) is 0 Å². The van der Waals surface area contributed by atoms with Crippen molar-refractivity contribution in [3.05, 3.63) is 35.9 Å². The van der Waals surface area contributed by atoms with E-state index in [-0.39, 0.29) is 6.61 Å². The number of carbonyl (C=O) groups excluding carboxylic acids is 1. The van der Waals surface area contributed by atoms with Gasteiger partial charge >= 0.3 is 12.1 Å². The van der Waals surface area contributed by atoms with Crippen LogP contribution < -0.4 is 0 Å². The van der Waals surface area contributed by atoms with E-state index in [1.165, 1.54) is 7.05 Å². The van der Waals surface area contributed by atoms with Crippen LogP contribution in [0.15, 0.2) is 30.3 Å². The molecule has 5 nitrogen and oxygen atoms in total. The Kier molecular flexibility index (Phi) is 6.56. The van der Waals surface area contributed by atoms with Crippen LogP contribution >= 0.6 is 0 Å². The molecule has 1 aromatic carbocycles. The maximum absolute atomic E-state index is 11.9. The first-order valence-electron chi connectivity index (χ1n) is 6.72. The Bertz CT molecular complexity index is 433. The lowest BCUT2D eigenvalue weighted by atomic mass is 10.1. The average molecular weight is 279 g/mol. The lowest BCUT2D eigenvalue weighted by Crippen LogP contribution is -2.42. The predicted octanol–water partition coefficient (Wildman–Crippen LogP) is 2.90. The third kappa shape index (κ3) is 4.91. The van der Waals surface area contributed by atoms with Crippen molar-refractivity contribution in [2.45, 2.75) is 38.8 Å². The molecule has 0 heterocycles. The minimum absolute atomic E-state index is 0.143. The summed E-state index contributed by atoms with van der Waals surface area (Å²) in [4.78, 5) is 24.2. The lowest BCUT2D eigenvalue weighted by molar-refractivity contribution is -0.142. The van der Waals surface area contributed by atoms with Gasteiger partial charge in [-0.05, 0) is 12.0 Å². The summed E-state index contributed by atoms with van der Waals surface area (Å²) >= 11 is 0. The average Bonchev–Trinajstić information content (AvgIpc) is 2.45. The molecule has 1 aromatic rings. The first-order valence-corrected chi connectivity index (χ1v) is 6.72. The number of rotatable bonds is 7. The molecule has 1 N–H and O–H groups in total. The molecule has 0 fully saturated rings. The maximum Gasteiger partial charge on any atom is 0.410 e. The molecule has 1 rings (SSSR count). The number of carboxylic acids is 1. The van der Waals surface area contributed by atoms with Crippen molar-refractivity contribution in [1.82, 2.24) is 4.90 Å². The zero-order chi connectivity index (χ0) is 15.0. The largest absolute Gasteiger partial charge is 0.480 e. The Balaban J connectivity index is 2.53. The molecule has 0 aromatic heterocycles. The van der Waals surface area contributed by atoms with Gasteiger partial charge in [-0.1, -0.05) is 50.1 Å². The summed E-state index contributed by atoms with van der Waals surface area (Å²) in [7, 11) is 1.46. The van der Waals surface area contributed by atoms with E-state index in [2.05, 4.69) is 0 Å². The van der Waals surface area contributed by atoms with Crippen LogP contribution in [0.1, 0.15) is 31.7 Å². The maximum atomic E-state index is 11.9. The van der Waals surface area contributed by atoms with E-state index in [0.29, 0.717) is 6.42 Å². The normalized spacial score (nSPS) is 11.7. The highest BCUT2D eigenvalue weighted by molar-refractivity contribution is 5.79. The van der Waals surface area contributed by atoms with Crippen molar-refractivity contribution in [3.63, 3.8) is 0 Å².